The number of furan rings is 1. The molecule has 0 aliphatic heterocycles. The molecule has 0 atom stereocenters. The number of hydrogen-bond donors (Lipinski definition) is 1. The number of aryl methyl sites for hydroxylation is 1. The molecular formula is C13H17BrN2OS. The summed E-state index contributed by atoms with van der Waals surface area (Å²) >= 11 is 5.25. The van der Waals surface area contributed by atoms with Gasteiger partial charge < -0.3 is 10.2 Å². The molecular weight excluding hydrogens is 312 g/mol. The standard InChI is InChI=1S/C13H17BrN2OS/c1-9-10(3-12(5-15)17-9)6-16(2)7-13-4-11(14)8-18-13/h3-4,8H,5-7,15H2,1-2H3. The van der Waals surface area contributed by atoms with Crippen molar-refractivity contribution < 1.29 is 4.42 Å². The van der Waals surface area contributed by atoms with E-state index in [1.54, 1.807) is 11.3 Å². The second kappa shape index (κ2) is 6.02. The second-order valence-electron chi connectivity index (χ2n) is 4.40. The van der Waals surface area contributed by atoms with Crippen LogP contribution in [0.15, 0.2) is 26.4 Å². The fourth-order valence-corrected chi connectivity index (χ4v) is 3.42. The van der Waals surface area contributed by atoms with Gasteiger partial charge in [0, 0.05) is 33.4 Å². The van der Waals surface area contributed by atoms with Crippen molar-refractivity contribution in [3.05, 3.63) is 43.9 Å². The molecule has 0 saturated carbocycles. The van der Waals surface area contributed by atoms with E-state index in [0.717, 1.165) is 29.1 Å². The van der Waals surface area contributed by atoms with Crippen LogP contribution < -0.4 is 5.73 Å². The van der Waals surface area contributed by atoms with Gasteiger partial charge in [0.15, 0.2) is 0 Å². The van der Waals surface area contributed by atoms with Crippen molar-refractivity contribution in [1.82, 2.24) is 4.90 Å². The third-order valence-electron chi connectivity index (χ3n) is 2.76. The topological polar surface area (TPSA) is 42.4 Å². The molecule has 98 valence electrons. The Kier molecular flexibility index (Phi) is 4.61. The summed E-state index contributed by atoms with van der Waals surface area (Å²) in [6.45, 7) is 4.27. The molecule has 2 N–H and O–H groups in total. The van der Waals surface area contributed by atoms with Crippen molar-refractivity contribution in [3.63, 3.8) is 0 Å². The highest BCUT2D eigenvalue weighted by atomic mass is 79.9. The Bertz CT molecular complexity index is 521. The van der Waals surface area contributed by atoms with Crippen LogP contribution in [-0.4, -0.2) is 11.9 Å². The zero-order valence-corrected chi connectivity index (χ0v) is 13.0. The van der Waals surface area contributed by atoms with Gasteiger partial charge in [0.05, 0.1) is 6.54 Å². The molecule has 18 heavy (non-hydrogen) atoms. The van der Waals surface area contributed by atoms with Crippen LogP contribution in [0, 0.1) is 6.92 Å². The van der Waals surface area contributed by atoms with Crippen LogP contribution in [-0.2, 0) is 19.6 Å². The van der Waals surface area contributed by atoms with E-state index in [9.17, 15) is 0 Å². The van der Waals surface area contributed by atoms with E-state index in [2.05, 4.69) is 45.4 Å². The zero-order chi connectivity index (χ0) is 13.1. The minimum atomic E-state index is 0.461. The number of nitrogens with zero attached hydrogens (tertiary/aromatic N) is 1. The second-order valence-corrected chi connectivity index (χ2v) is 6.31. The Morgan fingerprint density at radius 1 is 1.39 bits per heavy atom. The summed E-state index contributed by atoms with van der Waals surface area (Å²) in [7, 11) is 2.11. The molecule has 0 amide bonds. The summed E-state index contributed by atoms with van der Waals surface area (Å²) < 4.78 is 6.72. The van der Waals surface area contributed by atoms with E-state index in [1.807, 2.05) is 6.92 Å². The predicted octanol–water partition coefficient (Wildman–Crippen LogP) is 3.50. The molecule has 0 aliphatic rings. The lowest BCUT2D eigenvalue weighted by atomic mass is 10.2. The van der Waals surface area contributed by atoms with E-state index in [-0.39, 0.29) is 0 Å². The van der Waals surface area contributed by atoms with Crippen molar-refractivity contribution in [2.75, 3.05) is 7.05 Å². The highest BCUT2D eigenvalue weighted by molar-refractivity contribution is 9.10. The van der Waals surface area contributed by atoms with Crippen LogP contribution in [0.25, 0.3) is 0 Å². The quantitative estimate of drug-likeness (QED) is 0.913. The Hall–Kier alpha value is -0.620. The summed E-state index contributed by atoms with van der Waals surface area (Å²) in [5.41, 5.74) is 6.79. The smallest absolute Gasteiger partial charge is 0.118 e. The van der Waals surface area contributed by atoms with Crippen LogP contribution in [0.2, 0.25) is 0 Å². The molecule has 2 rings (SSSR count). The number of thiophene rings is 1. The maximum absolute atomic E-state index is 5.58. The summed E-state index contributed by atoms with van der Waals surface area (Å²) in [6.07, 6.45) is 0. The van der Waals surface area contributed by atoms with Gasteiger partial charge in [-0.15, -0.1) is 11.3 Å². The van der Waals surface area contributed by atoms with Gasteiger partial charge in [0.1, 0.15) is 11.5 Å². The van der Waals surface area contributed by atoms with Gasteiger partial charge in [-0.1, -0.05) is 0 Å². The number of halogens is 1. The molecule has 0 aliphatic carbocycles. The third kappa shape index (κ3) is 3.45. The number of nitrogens with two attached hydrogens (primary N) is 1. The predicted molar refractivity (Wildman–Crippen MR) is 78.5 cm³/mol. The zero-order valence-electron chi connectivity index (χ0n) is 10.6. The van der Waals surface area contributed by atoms with E-state index in [4.69, 9.17) is 10.2 Å². The van der Waals surface area contributed by atoms with Crippen LogP contribution >= 0.6 is 27.3 Å². The Balaban J connectivity index is 1.98. The van der Waals surface area contributed by atoms with Gasteiger partial charge in [0.25, 0.3) is 0 Å². The monoisotopic (exact) mass is 328 g/mol. The summed E-state index contributed by atoms with van der Waals surface area (Å²) in [6, 6.07) is 4.21. The first-order valence-corrected chi connectivity index (χ1v) is 7.45. The maximum Gasteiger partial charge on any atom is 0.118 e. The molecule has 0 bridgehead atoms. The normalized spacial score (nSPS) is 11.4. The summed E-state index contributed by atoms with van der Waals surface area (Å²) in [5, 5.41) is 2.11. The summed E-state index contributed by atoms with van der Waals surface area (Å²) in [5.74, 6) is 1.82. The molecule has 3 nitrogen and oxygen atoms in total. The van der Waals surface area contributed by atoms with Crippen molar-refractivity contribution >= 4 is 27.3 Å². The molecule has 2 heterocycles. The lowest BCUT2D eigenvalue weighted by Gasteiger charge is -2.14. The molecule has 5 heteroatoms. The lowest BCUT2D eigenvalue weighted by molar-refractivity contribution is 0.319. The Morgan fingerprint density at radius 3 is 2.72 bits per heavy atom. The van der Waals surface area contributed by atoms with Crippen LogP contribution in [0.1, 0.15) is 22.0 Å². The van der Waals surface area contributed by atoms with E-state index < -0.39 is 0 Å². The van der Waals surface area contributed by atoms with E-state index in [1.165, 1.54) is 10.4 Å². The van der Waals surface area contributed by atoms with Gasteiger partial charge >= 0.3 is 0 Å². The number of rotatable bonds is 5. The van der Waals surface area contributed by atoms with Crippen LogP contribution in [0.5, 0.6) is 0 Å². The maximum atomic E-state index is 5.58. The lowest BCUT2D eigenvalue weighted by Crippen LogP contribution is -2.16. The van der Waals surface area contributed by atoms with Crippen molar-refractivity contribution in [2.45, 2.75) is 26.6 Å². The minimum Gasteiger partial charge on any atom is -0.465 e. The van der Waals surface area contributed by atoms with E-state index >= 15 is 0 Å². The average Bonchev–Trinajstić information content (AvgIpc) is 2.86. The highest BCUT2D eigenvalue weighted by Gasteiger charge is 2.10. The van der Waals surface area contributed by atoms with Crippen LogP contribution in [0.4, 0.5) is 0 Å². The van der Waals surface area contributed by atoms with Gasteiger partial charge in [-0.2, -0.15) is 0 Å². The van der Waals surface area contributed by atoms with Gasteiger partial charge in [-0.25, -0.2) is 0 Å². The summed E-state index contributed by atoms with van der Waals surface area (Å²) in [4.78, 5) is 3.63. The fraction of sp³-hybridized carbons (Fsp3) is 0.385. The van der Waals surface area contributed by atoms with Crippen LogP contribution in [0.3, 0.4) is 0 Å². The minimum absolute atomic E-state index is 0.461. The van der Waals surface area contributed by atoms with Crippen molar-refractivity contribution in [3.8, 4) is 0 Å². The average molecular weight is 329 g/mol. The SMILES string of the molecule is Cc1oc(CN)cc1CN(C)Cc1cc(Br)cs1. The first-order chi connectivity index (χ1) is 8.58. The highest BCUT2D eigenvalue weighted by Crippen LogP contribution is 2.22. The van der Waals surface area contributed by atoms with E-state index in [0.29, 0.717) is 6.54 Å². The van der Waals surface area contributed by atoms with Crippen molar-refractivity contribution in [1.29, 1.82) is 0 Å². The first kappa shape index (κ1) is 13.8. The van der Waals surface area contributed by atoms with Gasteiger partial charge in [-0.05, 0) is 42.0 Å². The van der Waals surface area contributed by atoms with Crippen molar-refractivity contribution in [2.24, 2.45) is 5.73 Å². The molecule has 0 fully saturated rings. The molecule has 2 aromatic heterocycles. The molecule has 0 radical (unpaired) electrons. The largest absolute Gasteiger partial charge is 0.465 e. The first-order valence-electron chi connectivity index (χ1n) is 5.78. The number of hydrogen-bond acceptors (Lipinski definition) is 4. The Morgan fingerprint density at radius 2 is 2.17 bits per heavy atom. The molecule has 0 saturated heterocycles. The van der Waals surface area contributed by atoms with Gasteiger partial charge in [0.2, 0.25) is 0 Å². The fourth-order valence-electron chi connectivity index (χ4n) is 1.89. The third-order valence-corrected chi connectivity index (χ3v) is 4.44. The Labute approximate surface area is 120 Å². The molecule has 0 aromatic carbocycles. The molecule has 2 aromatic rings. The van der Waals surface area contributed by atoms with Gasteiger partial charge in [-0.3, -0.25) is 4.90 Å². The molecule has 0 spiro atoms. The molecule has 0 unspecified atom stereocenters.